The van der Waals surface area contributed by atoms with Gasteiger partial charge in [0, 0.05) is 33.6 Å². The average Bonchev–Trinajstić information content (AvgIpc) is 3.47. The number of hydrogen-bond donors (Lipinski definition) is 0. The van der Waals surface area contributed by atoms with Crippen molar-refractivity contribution in [3.8, 4) is 11.1 Å². The summed E-state index contributed by atoms with van der Waals surface area (Å²) in [6, 6.07) is 58.6. The molecular formula is C42H27NO. The monoisotopic (exact) mass is 561 g/mol. The first-order valence-corrected chi connectivity index (χ1v) is 15.0. The summed E-state index contributed by atoms with van der Waals surface area (Å²) in [6.45, 7) is 0. The standard InChI is InChI=1S/C42H27NO/c1-2-10-28(11-3-1)29-18-21-31(22-19-29)43(32-23-25-38-37-16-8-9-17-41(37)44-42(38)26-32)40-27-39-33-13-5-4-12-30(33)20-24-35(39)34-14-6-7-15-36(34)40/h1-27H. The molecule has 0 fully saturated rings. The van der Waals surface area contributed by atoms with Crippen LogP contribution in [0, 0.1) is 0 Å². The van der Waals surface area contributed by atoms with Crippen LogP contribution in [0.15, 0.2) is 168 Å². The number of benzene rings is 8. The third-order valence-electron chi connectivity index (χ3n) is 8.84. The predicted molar refractivity (Wildman–Crippen MR) is 186 cm³/mol. The van der Waals surface area contributed by atoms with E-state index in [0.717, 1.165) is 39.0 Å². The lowest BCUT2D eigenvalue weighted by Gasteiger charge is -2.28. The zero-order valence-corrected chi connectivity index (χ0v) is 23.9. The van der Waals surface area contributed by atoms with Crippen molar-refractivity contribution < 1.29 is 4.42 Å². The maximum absolute atomic E-state index is 6.38. The van der Waals surface area contributed by atoms with Crippen LogP contribution in [0.4, 0.5) is 17.1 Å². The van der Waals surface area contributed by atoms with Crippen LogP contribution in [0.1, 0.15) is 0 Å². The van der Waals surface area contributed by atoms with Gasteiger partial charge < -0.3 is 9.32 Å². The molecule has 9 rings (SSSR count). The van der Waals surface area contributed by atoms with Crippen LogP contribution in [0.2, 0.25) is 0 Å². The highest BCUT2D eigenvalue weighted by Gasteiger charge is 2.20. The van der Waals surface area contributed by atoms with E-state index >= 15 is 0 Å². The number of furan rings is 1. The Morgan fingerprint density at radius 2 is 0.932 bits per heavy atom. The van der Waals surface area contributed by atoms with E-state index in [1.165, 1.54) is 43.4 Å². The molecule has 0 aliphatic rings. The van der Waals surface area contributed by atoms with Crippen molar-refractivity contribution in [3.63, 3.8) is 0 Å². The van der Waals surface area contributed by atoms with Crippen LogP contribution in [0.5, 0.6) is 0 Å². The molecule has 0 amide bonds. The molecule has 206 valence electrons. The second-order valence-electron chi connectivity index (χ2n) is 11.4. The summed E-state index contributed by atoms with van der Waals surface area (Å²) in [6.07, 6.45) is 0. The van der Waals surface area contributed by atoms with Crippen LogP contribution in [-0.4, -0.2) is 0 Å². The van der Waals surface area contributed by atoms with Gasteiger partial charge in [-0.3, -0.25) is 0 Å². The van der Waals surface area contributed by atoms with E-state index in [1.54, 1.807) is 0 Å². The summed E-state index contributed by atoms with van der Waals surface area (Å²) in [5, 5.41) is 9.69. The van der Waals surface area contributed by atoms with Crippen LogP contribution in [0.25, 0.3) is 65.4 Å². The van der Waals surface area contributed by atoms with Gasteiger partial charge in [-0.25, -0.2) is 0 Å². The van der Waals surface area contributed by atoms with Gasteiger partial charge in [-0.05, 0) is 74.5 Å². The fourth-order valence-electron chi connectivity index (χ4n) is 6.74. The minimum absolute atomic E-state index is 0.880. The predicted octanol–water partition coefficient (Wildman–Crippen LogP) is 12.2. The first-order valence-electron chi connectivity index (χ1n) is 15.0. The number of hydrogen-bond acceptors (Lipinski definition) is 2. The van der Waals surface area contributed by atoms with E-state index in [9.17, 15) is 0 Å². The van der Waals surface area contributed by atoms with Gasteiger partial charge in [0.15, 0.2) is 0 Å². The van der Waals surface area contributed by atoms with Crippen LogP contribution >= 0.6 is 0 Å². The van der Waals surface area contributed by atoms with Gasteiger partial charge in [0.1, 0.15) is 11.2 Å². The third kappa shape index (κ3) is 3.89. The van der Waals surface area contributed by atoms with E-state index in [1.807, 2.05) is 12.1 Å². The van der Waals surface area contributed by atoms with Crippen LogP contribution in [0.3, 0.4) is 0 Å². The van der Waals surface area contributed by atoms with E-state index in [2.05, 4.69) is 157 Å². The number of nitrogens with zero attached hydrogens (tertiary/aromatic N) is 1. The average molecular weight is 562 g/mol. The summed E-state index contributed by atoms with van der Waals surface area (Å²) in [5.74, 6) is 0. The molecule has 0 unspecified atom stereocenters. The molecule has 0 aliphatic carbocycles. The first kappa shape index (κ1) is 24.7. The summed E-state index contributed by atoms with van der Waals surface area (Å²) in [4.78, 5) is 2.38. The Bertz CT molecular complexity index is 2490. The van der Waals surface area contributed by atoms with E-state index in [4.69, 9.17) is 4.42 Å². The molecule has 1 aromatic heterocycles. The molecule has 0 N–H and O–H groups in total. The maximum Gasteiger partial charge on any atom is 0.137 e. The fourth-order valence-corrected chi connectivity index (χ4v) is 6.74. The maximum atomic E-state index is 6.38. The lowest BCUT2D eigenvalue weighted by Crippen LogP contribution is -2.10. The van der Waals surface area contributed by atoms with E-state index in [0.29, 0.717) is 0 Å². The Labute approximate surface area is 255 Å². The Kier molecular flexibility index (Phi) is 5.54. The van der Waals surface area contributed by atoms with Crippen molar-refractivity contribution in [2.24, 2.45) is 0 Å². The molecule has 0 radical (unpaired) electrons. The van der Waals surface area contributed by atoms with Gasteiger partial charge in [0.25, 0.3) is 0 Å². The van der Waals surface area contributed by atoms with Gasteiger partial charge in [-0.1, -0.05) is 121 Å². The fraction of sp³-hybridized carbons (Fsp3) is 0. The molecule has 0 atom stereocenters. The second-order valence-corrected chi connectivity index (χ2v) is 11.4. The molecular weight excluding hydrogens is 534 g/mol. The summed E-state index contributed by atoms with van der Waals surface area (Å²) in [7, 11) is 0. The first-order chi connectivity index (χ1) is 21.8. The minimum Gasteiger partial charge on any atom is -0.456 e. The number of rotatable bonds is 4. The Hall–Kier alpha value is -5.86. The molecule has 0 saturated carbocycles. The van der Waals surface area contributed by atoms with Gasteiger partial charge in [-0.2, -0.15) is 0 Å². The normalized spacial score (nSPS) is 11.6. The van der Waals surface area contributed by atoms with Crippen molar-refractivity contribution in [2.45, 2.75) is 0 Å². The molecule has 44 heavy (non-hydrogen) atoms. The van der Waals surface area contributed by atoms with Crippen molar-refractivity contribution in [1.29, 1.82) is 0 Å². The smallest absolute Gasteiger partial charge is 0.137 e. The van der Waals surface area contributed by atoms with E-state index in [-0.39, 0.29) is 0 Å². The van der Waals surface area contributed by atoms with Crippen molar-refractivity contribution >= 4 is 71.3 Å². The summed E-state index contributed by atoms with van der Waals surface area (Å²) < 4.78 is 6.38. The quantitative estimate of drug-likeness (QED) is 0.199. The van der Waals surface area contributed by atoms with Crippen LogP contribution in [-0.2, 0) is 0 Å². The molecule has 0 aliphatic heterocycles. The number of fused-ring (bicyclic) bond motifs is 8. The molecule has 2 heteroatoms. The zero-order chi connectivity index (χ0) is 29.0. The summed E-state index contributed by atoms with van der Waals surface area (Å²) in [5.41, 5.74) is 7.45. The molecule has 0 spiro atoms. The molecule has 9 aromatic rings. The molecule has 8 aromatic carbocycles. The zero-order valence-electron chi connectivity index (χ0n) is 23.9. The Balaban J connectivity index is 1.33. The van der Waals surface area contributed by atoms with Crippen molar-refractivity contribution in [2.75, 3.05) is 4.90 Å². The summed E-state index contributed by atoms with van der Waals surface area (Å²) >= 11 is 0. The highest BCUT2D eigenvalue weighted by Crippen LogP contribution is 2.45. The second kappa shape index (κ2) is 9.86. The van der Waals surface area contributed by atoms with Gasteiger partial charge in [0.2, 0.25) is 0 Å². The topological polar surface area (TPSA) is 16.4 Å². The SMILES string of the molecule is c1ccc(-c2ccc(N(c3ccc4c(c3)oc3ccccc34)c3cc4c5ccccc5ccc4c4ccccc34)cc2)cc1. The highest BCUT2D eigenvalue weighted by atomic mass is 16.3. The van der Waals surface area contributed by atoms with Crippen LogP contribution < -0.4 is 4.90 Å². The molecule has 2 nitrogen and oxygen atoms in total. The Morgan fingerprint density at radius 3 is 1.77 bits per heavy atom. The third-order valence-corrected chi connectivity index (χ3v) is 8.84. The highest BCUT2D eigenvalue weighted by molar-refractivity contribution is 6.21. The van der Waals surface area contributed by atoms with Gasteiger partial charge >= 0.3 is 0 Å². The van der Waals surface area contributed by atoms with Gasteiger partial charge in [-0.15, -0.1) is 0 Å². The lowest BCUT2D eigenvalue weighted by atomic mass is 9.95. The molecule has 0 saturated heterocycles. The van der Waals surface area contributed by atoms with Crippen molar-refractivity contribution in [1.82, 2.24) is 0 Å². The lowest BCUT2D eigenvalue weighted by molar-refractivity contribution is 0.669. The number of anilines is 3. The molecule has 0 bridgehead atoms. The van der Waals surface area contributed by atoms with Crippen molar-refractivity contribution in [3.05, 3.63) is 164 Å². The number of para-hydroxylation sites is 1. The Morgan fingerprint density at radius 1 is 0.341 bits per heavy atom. The largest absolute Gasteiger partial charge is 0.456 e. The minimum atomic E-state index is 0.880. The molecule has 1 heterocycles. The van der Waals surface area contributed by atoms with Gasteiger partial charge in [0.05, 0.1) is 5.69 Å². The van der Waals surface area contributed by atoms with E-state index < -0.39 is 0 Å².